The second-order valence-corrected chi connectivity index (χ2v) is 7.08. The molecule has 138 valence electrons. The number of morpholine rings is 1. The summed E-state index contributed by atoms with van der Waals surface area (Å²) in [6.45, 7) is 6.18. The van der Waals surface area contributed by atoms with Crippen LogP contribution in [0.4, 0.5) is 0 Å². The van der Waals surface area contributed by atoms with Crippen molar-refractivity contribution in [3.8, 4) is 5.69 Å². The number of carbonyl (C=O) groups excluding carboxylic acids is 1. The van der Waals surface area contributed by atoms with E-state index >= 15 is 0 Å². The Morgan fingerprint density at radius 1 is 1.23 bits per heavy atom. The Balaban J connectivity index is 1.48. The molecule has 1 amide bonds. The fraction of sp³-hybridized carbons (Fsp3) is 0.500. The van der Waals surface area contributed by atoms with E-state index in [4.69, 9.17) is 4.74 Å². The molecule has 0 bridgehead atoms. The molecule has 1 unspecified atom stereocenters. The number of rotatable bonds is 5. The standard InChI is InChI=1S/C20H26N4O2/c1-15(23-10-12-26-13-11-23)14-21-20(25)19-17-8-5-9-18(17)24(22-19)16-6-3-2-4-7-16/h2-4,6-7,15H,5,8-14H2,1H3,(H,21,25). The second-order valence-electron chi connectivity index (χ2n) is 7.08. The van der Waals surface area contributed by atoms with Gasteiger partial charge in [-0.05, 0) is 38.3 Å². The number of hydrogen-bond acceptors (Lipinski definition) is 4. The van der Waals surface area contributed by atoms with Crippen LogP contribution in [0.5, 0.6) is 0 Å². The number of amides is 1. The molecule has 1 aliphatic heterocycles. The quantitative estimate of drug-likeness (QED) is 0.890. The van der Waals surface area contributed by atoms with Gasteiger partial charge in [0.1, 0.15) is 0 Å². The Kier molecular flexibility index (Phi) is 5.04. The molecule has 2 aromatic rings. The van der Waals surface area contributed by atoms with E-state index in [0.717, 1.165) is 56.8 Å². The molecule has 1 aromatic heterocycles. The van der Waals surface area contributed by atoms with E-state index < -0.39 is 0 Å². The van der Waals surface area contributed by atoms with Crippen molar-refractivity contribution in [3.05, 3.63) is 47.3 Å². The Morgan fingerprint density at radius 3 is 2.77 bits per heavy atom. The van der Waals surface area contributed by atoms with Crippen LogP contribution in [-0.2, 0) is 17.6 Å². The van der Waals surface area contributed by atoms with Crippen LogP contribution >= 0.6 is 0 Å². The normalized spacial score (nSPS) is 18.5. The minimum absolute atomic E-state index is 0.0575. The van der Waals surface area contributed by atoms with E-state index in [-0.39, 0.29) is 5.91 Å². The van der Waals surface area contributed by atoms with Gasteiger partial charge in [0.25, 0.3) is 5.91 Å². The second kappa shape index (κ2) is 7.60. The fourth-order valence-electron chi connectivity index (χ4n) is 3.87. The van der Waals surface area contributed by atoms with Gasteiger partial charge in [-0.2, -0.15) is 5.10 Å². The van der Waals surface area contributed by atoms with Crippen LogP contribution in [0.1, 0.15) is 35.1 Å². The molecule has 4 rings (SSSR count). The van der Waals surface area contributed by atoms with Crippen molar-refractivity contribution in [2.75, 3.05) is 32.8 Å². The van der Waals surface area contributed by atoms with Crippen LogP contribution in [-0.4, -0.2) is 59.5 Å². The lowest BCUT2D eigenvalue weighted by molar-refractivity contribution is 0.0204. The highest BCUT2D eigenvalue weighted by atomic mass is 16.5. The summed E-state index contributed by atoms with van der Waals surface area (Å²) in [5.74, 6) is -0.0575. The third-order valence-electron chi connectivity index (χ3n) is 5.37. The summed E-state index contributed by atoms with van der Waals surface area (Å²) >= 11 is 0. The third kappa shape index (κ3) is 3.39. The molecule has 1 fully saturated rings. The first-order valence-electron chi connectivity index (χ1n) is 9.50. The molecule has 2 heterocycles. The van der Waals surface area contributed by atoms with E-state index in [1.807, 2.05) is 35.0 Å². The molecule has 0 spiro atoms. The first-order chi connectivity index (χ1) is 12.7. The van der Waals surface area contributed by atoms with Gasteiger partial charge < -0.3 is 10.1 Å². The molecule has 1 atom stereocenters. The lowest BCUT2D eigenvalue weighted by Crippen LogP contribution is -2.47. The van der Waals surface area contributed by atoms with Crippen LogP contribution in [0.15, 0.2) is 30.3 Å². The fourth-order valence-corrected chi connectivity index (χ4v) is 3.87. The average molecular weight is 354 g/mol. The van der Waals surface area contributed by atoms with E-state index in [2.05, 4.69) is 22.2 Å². The van der Waals surface area contributed by atoms with Gasteiger partial charge in [0, 0.05) is 36.9 Å². The third-order valence-corrected chi connectivity index (χ3v) is 5.37. The molecule has 1 N–H and O–H groups in total. The highest BCUT2D eigenvalue weighted by Gasteiger charge is 2.27. The van der Waals surface area contributed by atoms with Crippen molar-refractivity contribution in [2.24, 2.45) is 0 Å². The van der Waals surface area contributed by atoms with Crippen LogP contribution < -0.4 is 5.32 Å². The van der Waals surface area contributed by atoms with E-state index in [1.54, 1.807) is 0 Å². The number of benzene rings is 1. The van der Waals surface area contributed by atoms with Gasteiger partial charge in [0.2, 0.25) is 0 Å². The lowest BCUT2D eigenvalue weighted by Gasteiger charge is -2.32. The summed E-state index contributed by atoms with van der Waals surface area (Å²) in [6.07, 6.45) is 3.00. The molecule has 6 nitrogen and oxygen atoms in total. The SMILES string of the molecule is CC(CNC(=O)c1nn(-c2ccccc2)c2c1CCC2)N1CCOCC1. The van der Waals surface area contributed by atoms with Crippen molar-refractivity contribution in [1.29, 1.82) is 0 Å². The maximum atomic E-state index is 12.8. The Labute approximate surface area is 154 Å². The summed E-state index contributed by atoms with van der Waals surface area (Å²) < 4.78 is 7.35. The topological polar surface area (TPSA) is 59.4 Å². The molecule has 1 aromatic carbocycles. The Hall–Kier alpha value is -2.18. The summed E-state index contributed by atoms with van der Waals surface area (Å²) in [4.78, 5) is 15.2. The molecule has 2 aliphatic rings. The largest absolute Gasteiger partial charge is 0.379 e. The molecule has 1 aliphatic carbocycles. The lowest BCUT2D eigenvalue weighted by atomic mass is 10.2. The highest BCUT2D eigenvalue weighted by Crippen LogP contribution is 2.27. The Bertz CT molecular complexity index is 766. The molecular formula is C20H26N4O2. The molecule has 6 heteroatoms. The predicted octanol–water partition coefficient (Wildman–Crippen LogP) is 1.81. The minimum atomic E-state index is -0.0575. The number of hydrogen-bond donors (Lipinski definition) is 1. The van der Waals surface area contributed by atoms with Gasteiger partial charge in [-0.1, -0.05) is 18.2 Å². The summed E-state index contributed by atoms with van der Waals surface area (Å²) in [5, 5.41) is 7.76. The zero-order chi connectivity index (χ0) is 17.9. The number of aromatic nitrogens is 2. The first-order valence-corrected chi connectivity index (χ1v) is 9.50. The number of nitrogens with one attached hydrogen (secondary N) is 1. The molecule has 0 saturated carbocycles. The first kappa shape index (κ1) is 17.2. The van der Waals surface area contributed by atoms with Crippen LogP contribution in [0, 0.1) is 0 Å². The van der Waals surface area contributed by atoms with E-state index in [9.17, 15) is 4.79 Å². The van der Waals surface area contributed by atoms with Gasteiger partial charge in [-0.3, -0.25) is 9.69 Å². The van der Waals surface area contributed by atoms with Crippen molar-refractivity contribution in [3.63, 3.8) is 0 Å². The van der Waals surface area contributed by atoms with E-state index in [1.165, 1.54) is 5.69 Å². The van der Waals surface area contributed by atoms with Crippen molar-refractivity contribution < 1.29 is 9.53 Å². The van der Waals surface area contributed by atoms with Gasteiger partial charge in [-0.25, -0.2) is 4.68 Å². The number of para-hydroxylation sites is 1. The summed E-state index contributed by atoms with van der Waals surface area (Å²) in [6, 6.07) is 10.4. The number of nitrogens with zero attached hydrogens (tertiary/aromatic N) is 3. The van der Waals surface area contributed by atoms with Crippen LogP contribution in [0.25, 0.3) is 5.69 Å². The number of carbonyl (C=O) groups is 1. The van der Waals surface area contributed by atoms with Crippen molar-refractivity contribution in [1.82, 2.24) is 20.0 Å². The van der Waals surface area contributed by atoms with Gasteiger partial charge in [-0.15, -0.1) is 0 Å². The van der Waals surface area contributed by atoms with Gasteiger partial charge in [0.05, 0.1) is 18.9 Å². The molecular weight excluding hydrogens is 328 g/mol. The zero-order valence-electron chi connectivity index (χ0n) is 15.3. The number of fused-ring (bicyclic) bond motifs is 1. The van der Waals surface area contributed by atoms with Gasteiger partial charge >= 0.3 is 0 Å². The van der Waals surface area contributed by atoms with Gasteiger partial charge in [0.15, 0.2) is 5.69 Å². The predicted molar refractivity (Wildman–Crippen MR) is 99.8 cm³/mol. The summed E-state index contributed by atoms with van der Waals surface area (Å²) in [7, 11) is 0. The van der Waals surface area contributed by atoms with Crippen LogP contribution in [0.3, 0.4) is 0 Å². The van der Waals surface area contributed by atoms with Crippen molar-refractivity contribution >= 4 is 5.91 Å². The Morgan fingerprint density at radius 2 is 2.00 bits per heavy atom. The molecule has 26 heavy (non-hydrogen) atoms. The monoisotopic (exact) mass is 354 g/mol. The number of ether oxygens (including phenoxy) is 1. The zero-order valence-corrected chi connectivity index (χ0v) is 15.3. The maximum Gasteiger partial charge on any atom is 0.272 e. The summed E-state index contributed by atoms with van der Waals surface area (Å²) in [5.41, 5.74) is 3.91. The van der Waals surface area contributed by atoms with Crippen LogP contribution in [0.2, 0.25) is 0 Å². The smallest absolute Gasteiger partial charge is 0.272 e. The highest BCUT2D eigenvalue weighted by molar-refractivity contribution is 5.94. The average Bonchev–Trinajstić information content (AvgIpc) is 3.30. The minimum Gasteiger partial charge on any atom is -0.379 e. The van der Waals surface area contributed by atoms with Crippen molar-refractivity contribution in [2.45, 2.75) is 32.2 Å². The maximum absolute atomic E-state index is 12.8. The van der Waals surface area contributed by atoms with E-state index in [0.29, 0.717) is 18.3 Å². The molecule has 1 saturated heterocycles. The molecule has 0 radical (unpaired) electrons.